The van der Waals surface area contributed by atoms with Crippen LogP contribution in [-0.4, -0.2) is 36.1 Å². The van der Waals surface area contributed by atoms with Crippen molar-refractivity contribution in [1.29, 1.82) is 0 Å². The minimum Gasteiger partial charge on any atom is -0.383 e. The van der Waals surface area contributed by atoms with Crippen LogP contribution in [0.25, 0.3) is 0 Å². The van der Waals surface area contributed by atoms with Crippen LogP contribution in [0.5, 0.6) is 0 Å². The molecule has 23 heavy (non-hydrogen) atoms. The van der Waals surface area contributed by atoms with E-state index in [1.807, 2.05) is 25.1 Å². The molecular formula is C16H19BrN4O2. The summed E-state index contributed by atoms with van der Waals surface area (Å²) in [4.78, 5) is 20.6. The highest BCUT2D eigenvalue weighted by atomic mass is 79.9. The van der Waals surface area contributed by atoms with Gasteiger partial charge < -0.3 is 15.4 Å². The van der Waals surface area contributed by atoms with Crippen molar-refractivity contribution in [3.8, 4) is 0 Å². The third kappa shape index (κ3) is 5.01. The molecule has 7 heteroatoms. The number of rotatable bonds is 6. The molecule has 2 N–H and O–H groups in total. The van der Waals surface area contributed by atoms with Crippen molar-refractivity contribution in [1.82, 2.24) is 15.3 Å². The van der Waals surface area contributed by atoms with Crippen molar-refractivity contribution < 1.29 is 9.53 Å². The van der Waals surface area contributed by atoms with E-state index >= 15 is 0 Å². The molecule has 6 nitrogen and oxygen atoms in total. The monoisotopic (exact) mass is 378 g/mol. The van der Waals surface area contributed by atoms with E-state index < -0.39 is 0 Å². The number of hydrogen-bond donors (Lipinski definition) is 2. The van der Waals surface area contributed by atoms with Crippen molar-refractivity contribution in [2.24, 2.45) is 0 Å². The zero-order chi connectivity index (χ0) is 16.8. The minimum absolute atomic E-state index is 0.251. The summed E-state index contributed by atoms with van der Waals surface area (Å²) in [6, 6.07) is 7.59. The molecule has 0 spiro atoms. The third-order valence-electron chi connectivity index (χ3n) is 3.05. The molecule has 122 valence electrons. The summed E-state index contributed by atoms with van der Waals surface area (Å²) in [5, 5.41) is 5.95. The summed E-state index contributed by atoms with van der Waals surface area (Å²) in [6.45, 7) is 4.66. The molecule has 0 saturated carbocycles. The van der Waals surface area contributed by atoms with Gasteiger partial charge in [-0.1, -0.05) is 6.07 Å². The number of benzene rings is 1. The fraction of sp³-hybridized carbons (Fsp3) is 0.312. The Balaban J connectivity index is 2.18. The van der Waals surface area contributed by atoms with E-state index in [9.17, 15) is 4.79 Å². The average Bonchev–Trinajstić information content (AvgIpc) is 2.50. The Labute approximate surface area is 143 Å². The van der Waals surface area contributed by atoms with Crippen LogP contribution >= 0.6 is 15.9 Å². The molecule has 0 radical (unpaired) electrons. The van der Waals surface area contributed by atoms with Gasteiger partial charge in [-0.15, -0.1) is 0 Å². The van der Waals surface area contributed by atoms with Gasteiger partial charge in [0.25, 0.3) is 5.91 Å². The van der Waals surface area contributed by atoms with Gasteiger partial charge in [0, 0.05) is 24.2 Å². The highest BCUT2D eigenvalue weighted by molar-refractivity contribution is 9.10. The first-order chi connectivity index (χ1) is 11.0. The van der Waals surface area contributed by atoms with E-state index in [2.05, 4.69) is 36.5 Å². The number of methoxy groups -OCH3 is 1. The molecule has 0 unspecified atom stereocenters. The highest BCUT2D eigenvalue weighted by Gasteiger charge is 2.11. The summed E-state index contributed by atoms with van der Waals surface area (Å²) in [5.74, 6) is 0.840. The standard InChI is InChI=1S/C16H19BrN4O2/c1-10-4-5-13(12(17)8-10)21-15-9-14(19-11(2)20-15)16(22)18-6-7-23-3/h4-5,8-9H,6-7H2,1-3H3,(H,18,22)(H,19,20,21). The first kappa shape index (κ1) is 17.4. The van der Waals surface area contributed by atoms with Crippen LogP contribution in [0, 0.1) is 13.8 Å². The van der Waals surface area contributed by atoms with Crippen LogP contribution in [0.1, 0.15) is 21.9 Å². The normalized spacial score (nSPS) is 10.4. The Bertz CT molecular complexity index is 706. The minimum atomic E-state index is -0.251. The number of anilines is 2. The summed E-state index contributed by atoms with van der Waals surface area (Å²) in [6.07, 6.45) is 0. The van der Waals surface area contributed by atoms with E-state index in [1.54, 1.807) is 20.1 Å². The lowest BCUT2D eigenvalue weighted by molar-refractivity contribution is 0.0932. The number of hydrogen-bond acceptors (Lipinski definition) is 5. The second-order valence-corrected chi connectivity index (χ2v) is 5.90. The lowest BCUT2D eigenvalue weighted by Gasteiger charge is -2.11. The third-order valence-corrected chi connectivity index (χ3v) is 3.71. The van der Waals surface area contributed by atoms with Crippen LogP contribution in [0.3, 0.4) is 0 Å². The number of aryl methyl sites for hydroxylation is 2. The first-order valence-corrected chi connectivity index (χ1v) is 7.95. The van der Waals surface area contributed by atoms with Crippen LogP contribution in [-0.2, 0) is 4.74 Å². The second kappa shape index (κ2) is 8.03. The number of amides is 1. The Kier molecular flexibility index (Phi) is 6.06. The van der Waals surface area contributed by atoms with Crippen molar-refractivity contribution in [2.75, 3.05) is 25.6 Å². The largest absolute Gasteiger partial charge is 0.383 e. The highest BCUT2D eigenvalue weighted by Crippen LogP contribution is 2.26. The summed E-state index contributed by atoms with van der Waals surface area (Å²) in [5.41, 5.74) is 2.35. The van der Waals surface area contributed by atoms with Gasteiger partial charge in [0.1, 0.15) is 17.3 Å². The molecular weight excluding hydrogens is 360 g/mol. The number of nitrogens with zero attached hydrogens (tertiary/aromatic N) is 2. The van der Waals surface area contributed by atoms with Crippen molar-refractivity contribution in [2.45, 2.75) is 13.8 Å². The maximum absolute atomic E-state index is 12.1. The molecule has 0 bridgehead atoms. The molecule has 0 atom stereocenters. The lowest BCUT2D eigenvalue weighted by atomic mass is 10.2. The van der Waals surface area contributed by atoms with E-state index in [4.69, 9.17) is 4.74 Å². The predicted molar refractivity (Wildman–Crippen MR) is 93.1 cm³/mol. The molecule has 0 aliphatic heterocycles. The quantitative estimate of drug-likeness (QED) is 0.755. The number of nitrogens with one attached hydrogen (secondary N) is 2. The fourth-order valence-electron chi connectivity index (χ4n) is 1.96. The average molecular weight is 379 g/mol. The molecule has 1 aromatic heterocycles. The summed E-state index contributed by atoms with van der Waals surface area (Å²) < 4.78 is 5.84. The van der Waals surface area contributed by atoms with E-state index in [1.165, 1.54) is 0 Å². The van der Waals surface area contributed by atoms with Gasteiger partial charge in [-0.25, -0.2) is 9.97 Å². The zero-order valence-electron chi connectivity index (χ0n) is 13.3. The maximum Gasteiger partial charge on any atom is 0.270 e. The Hall–Kier alpha value is -1.99. The number of halogens is 1. The van der Waals surface area contributed by atoms with Gasteiger partial charge in [0.05, 0.1) is 12.3 Å². The molecule has 1 heterocycles. The van der Waals surface area contributed by atoms with E-state index in [-0.39, 0.29) is 5.91 Å². The molecule has 0 aliphatic carbocycles. The van der Waals surface area contributed by atoms with Crippen LogP contribution < -0.4 is 10.6 Å². The first-order valence-electron chi connectivity index (χ1n) is 7.15. The summed E-state index contributed by atoms with van der Waals surface area (Å²) in [7, 11) is 1.59. The Morgan fingerprint density at radius 1 is 1.26 bits per heavy atom. The van der Waals surface area contributed by atoms with Crippen LogP contribution in [0.2, 0.25) is 0 Å². The Morgan fingerprint density at radius 3 is 2.74 bits per heavy atom. The van der Waals surface area contributed by atoms with Gasteiger partial charge in [0.15, 0.2) is 0 Å². The Morgan fingerprint density at radius 2 is 2.04 bits per heavy atom. The van der Waals surface area contributed by atoms with E-state index in [0.29, 0.717) is 30.5 Å². The SMILES string of the molecule is COCCNC(=O)c1cc(Nc2ccc(C)cc2Br)nc(C)n1. The van der Waals surface area contributed by atoms with Crippen molar-refractivity contribution in [3.05, 3.63) is 45.8 Å². The zero-order valence-corrected chi connectivity index (χ0v) is 14.9. The molecule has 2 rings (SSSR count). The van der Waals surface area contributed by atoms with E-state index in [0.717, 1.165) is 15.7 Å². The molecule has 0 saturated heterocycles. The number of carbonyl (C=O) groups excluding carboxylic acids is 1. The topological polar surface area (TPSA) is 76.1 Å². The van der Waals surface area contributed by atoms with Gasteiger partial charge in [0.2, 0.25) is 0 Å². The van der Waals surface area contributed by atoms with Gasteiger partial charge in [-0.05, 0) is 47.5 Å². The lowest BCUT2D eigenvalue weighted by Crippen LogP contribution is -2.28. The molecule has 0 fully saturated rings. The second-order valence-electron chi connectivity index (χ2n) is 5.04. The molecule has 1 amide bonds. The number of ether oxygens (including phenoxy) is 1. The van der Waals surface area contributed by atoms with Crippen LogP contribution in [0.15, 0.2) is 28.7 Å². The number of aromatic nitrogens is 2. The molecule has 1 aromatic carbocycles. The smallest absolute Gasteiger partial charge is 0.270 e. The van der Waals surface area contributed by atoms with Gasteiger partial charge in [-0.2, -0.15) is 0 Å². The van der Waals surface area contributed by atoms with Crippen molar-refractivity contribution >= 4 is 33.3 Å². The number of carbonyl (C=O) groups is 1. The predicted octanol–water partition coefficient (Wildman–Crippen LogP) is 2.98. The summed E-state index contributed by atoms with van der Waals surface area (Å²) >= 11 is 3.51. The van der Waals surface area contributed by atoms with Crippen molar-refractivity contribution in [3.63, 3.8) is 0 Å². The van der Waals surface area contributed by atoms with Gasteiger partial charge >= 0.3 is 0 Å². The van der Waals surface area contributed by atoms with Gasteiger partial charge in [-0.3, -0.25) is 4.79 Å². The fourth-order valence-corrected chi connectivity index (χ4v) is 2.56. The van der Waals surface area contributed by atoms with Crippen LogP contribution in [0.4, 0.5) is 11.5 Å². The molecule has 0 aliphatic rings. The molecule has 2 aromatic rings. The maximum atomic E-state index is 12.1.